The minimum absolute atomic E-state index is 0.510. The molecule has 1 unspecified atom stereocenters. The zero-order chi connectivity index (χ0) is 9.26. The first-order valence-corrected chi connectivity index (χ1v) is 4.46. The molecule has 0 amide bonds. The van der Waals surface area contributed by atoms with Crippen molar-refractivity contribution in [1.82, 2.24) is 0 Å². The van der Waals surface area contributed by atoms with Crippen LogP contribution in [-0.2, 0) is 0 Å². The van der Waals surface area contributed by atoms with E-state index in [-0.39, 0.29) is 0 Å². The summed E-state index contributed by atoms with van der Waals surface area (Å²) in [7, 11) is 1.69. The van der Waals surface area contributed by atoms with Crippen LogP contribution in [0, 0.1) is 0 Å². The highest BCUT2D eigenvalue weighted by atomic mass is 16.5. The van der Waals surface area contributed by atoms with Crippen molar-refractivity contribution in [2.24, 2.45) is 5.73 Å². The lowest BCUT2D eigenvalue weighted by atomic mass is 10.3. The van der Waals surface area contributed by atoms with Gasteiger partial charge < -0.3 is 15.4 Å². The number of anilines is 1. The molecule has 0 radical (unpaired) electrons. The predicted molar refractivity (Wildman–Crippen MR) is 53.2 cm³/mol. The molecule has 0 spiro atoms. The van der Waals surface area contributed by atoms with Gasteiger partial charge in [-0.15, -0.1) is 0 Å². The molecule has 3 nitrogen and oxygen atoms in total. The first kappa shape index (κ1) is 8.38. The Balaban J connectivity index is 2.20. The number of nitrogens with zero attached hydrogens (tertiary/aromatic N) is 1. The normalized spacial score (nSPS) is 20.2. The molecule has 0 aromatic heterocycles. The van der Waals surface area contributed by atoms with Crippen LogP contribution in [0.3, 0.4) is 0 Å². The molecule has 1 aromatic rings. The maximum absolute atomic E-state index is 5.57. The molecule has 3 heteroatoms. The second-order valence-corrected chi connectivity index (χ2v) is 3.21. The topological polar surface area (TPSA) is 38.3 Å². The van der Waals surface area contributed by atoms with Gasteiger partial charge >= 0.3 is 0 Å². The van der Waals surface area contributed by atoms with Crippen LogP contribution < -0.4 is 15.4 Å². The van der Waals surface area contributed by atoms with Gasteiger partial charge in [0.1, 0.15) is 5.75 Å². The van der Waals surface area contributed by atoms with Crippen molar-refractivity contribution in [1.29, 1.82) is 0 Å². The number of rotatable bonds is 3. The van der Waals surface area contributed by atoms with E-state index in [9.17, 15) is 0 Å². The first-order valence-electron chi connectivity index (χ1n) is 4.46. The van der Waals surface area contributed by atoms with E-state index in [1.54, 1.807) is 7.11 Å². The van der Waals surface area contributed by atoms with Gasteiger partial charge in [0.15, 0.2) is 0 Å². The van der Waals surface area contributed by atoms with E-state index in [0.717, 1.165) is 24.5 Å². The minimum Gasteiger partial charge on any atom is -0.495 e. The zero-order valence-electron chi connectivity index (χ0n) is 7.73. The summed E-state index contributed by atoms with van der Waals surface area (Å²) >= 11 is 0. The molecule has 1 aromatic carbocycles. The summed E-state index contributed by atoms with van der Waals surface area (Å²) in [6, 6.07) is 8.54. The molecule has 1 heterocycles. The number of nitrogens with two attached hydrogens (primary N) is 1. The lowest BCUT2D eigenvalue weighted by Crippen LogP contribution is -2.12. The quantitative estimate of drug-likeness (QED) is 0.697. The van der Waals surface area contributed by atoms with Crippen molar-refractivity contribution < 1.29 is 4.74 Å². The van der Waals surface area contributed by atoms with E-state index in [4.69, 9.17) is 10.5 Å². The van der Waals surface area contributed by atoms with Crippen molar-refractivity contribution in [2.45, 2.75) is 6.04 Å². The Bertz CT molecular complexity index is 301. The molecular weight excluding hydrogens is 164 g/mol. The molecule has 0 bridgehead atoms. The summed E-state index contributed by atoms with van der Waals surface area (Å²) in [6.07, 6.45) is 0. The molecular formula is C10H14N2O. The molecule has 1 fully saturated rings. The largest absolute Gasteiger partial charge is 0.495 e. The third kappa shape index (κ3) is 1.47. The van der Waals surface area contributed by atoms with E-state index in [0.29, 0.717) is 6.04 Å². The van der Waals surface area contributed by atoms with E-state index in [1.807, 2.05) is 18.2 Å². The molecule has 70 valence electrons. The van der Waals surface area contributed by atoms with Crippen LogP contribution in [0.2, 0.25) is 0 Å². The van der Waals surface area contributed by atoms with Crippen molar-refractivity contribution in [3.8, 4) is 5.75 Å². The Labute approximate surface area is 78.1 Å². The average Bonchev–Trinajstić information content (AvgIpc) is 2.96. The molecule has 2 N–H and O–H groups in total. The maximum Gasteiger partial charge on any atom is 0.142 e. The smallest absolute Gasteiger partial charge is 0.142 e. The molecule has 2 rings (SSSR count). The fourth-order valence-corrected chi connectivity index (χ4v) is 1.54. The third-order valence-electron chi connectivity index (χ3n) is 2.38. The maximum atomic E-state index is 5.57. The first-order chi connectivity index (χ1) is 6.36. The van der Waals surface area contributed by atoms with E-state index in [1.165, 1.54) is 0 Å². The average molecular weight is 178 g/mol. The summed E-state index contributed by atoms with van der Waals surface area (Å²) in [5.41, 5.74) is 6.72. The Kier molecular flexibility index (Phi) is 2.10. The number of ether oxygens (including phenoxy) is 1. The van der Waals surface area contributed by atoms with Gasteiger partial charge in [-0.3, -0.25) is 0 Å². The Morgan fingerprint density at radius 1 is 1.54 bits per heavy atom. The summed E-state index contributed by atoms with van der Waals surface area (Å²) < 4.78 is 5.26. The SMILES string of the molecule is COc1ccccc1N1CC1CN. The van der Waals surface area contributed by atoms with E-state index < -0.39 is 0 Å². The second kappa shape index (κ2) is 3.26. The lowest BCUT2D eigenvalue weighted by molar-refractivity contribution is 0.416. The predicted octanol–water partition coefficient (Wildman–Crippen LogP) is 0.842. The van der Waals surface area contributed by atoms with Gasteiger partial charge in [0.2, 0.25) is 0 Å². The number of hydrogen-bond acceptors (Lipinski definition) is 3. The third-order valence-corrected chi connectivity index (χ3v) is 2.38. The number of para-hydroxylation sites is 2. The molecule has 0 saturated carbocycles. The van der Waals surface area contributed by atoms with Crippen molar-refractivity contribution in [3.63, 3.8) is 0 Å². The lowest BCUT2D eigenvalue weighted by Gasteiger charge is -2.09. The molecule has 13 heavy (non-hydrogen) atoms. The standard InChI is InChI=1S/C10H14N2O/c1-13-10-5-3-2-4-9(10)12-7-8(12)6-11/h2-5,8H,6-7,11H2,1H3. The Hall–Kier alpha value is -1.22. The van der Waals surface area contributed by atoms with Crippen molar-refractivity contribution in [3.05, 3.63) is 24.3 Å². The van der Waals surface area contributed by atoms with Gasteiger partial charge in [-0.2, -0.15) is 0 Å². The van der Waals surface area contributed by atoms with Gasteiger partial charge in [-0.25, -0.2) is 0 Å². The summed E-state index contributed by atoms with van der Waals surface area (Å²) in [4.78, 5) is 2.25. The Morgan fingerprint density at radius 3 is 2.92 bits per heavy atom. The summed E-state index contributed by atoms with van der Waals surface area (Å²) in [5.74, 6) is 0.929. The van der Waals surface area contributed by atoms with Gasteiger partial charge in [-0.05, 0) is 12.1 Å². The van der Waals surface area contributed by atoms with Crippen LogP contribution >= 0.6 is 0 Å². The van der Waals surface area contributed by atoms with Crippen LogP contribution in [0.4, 0.5) is 5.69 Å². The van der Waals surface area contributed by atoms with Crippen molar-refractivity contribution in [2.75, 3.05) is 25.1 Å². The van der Waals surface area contributed by atoms with Crippen LogP contribution in [0.25, 0.3) is 0 Å². The van der Waals surface area contributed by atoms with E-state index >= 15 is 0 Å². The highest BCUT2D eigenvalue weighted by Gasteiger charge is 2.34. The second-order valence-electron chi connectivity index (χ2n) is 3.21. The molecule has 1 saturated heterocycles. The fourth-order valence-electron chi connectivity index (χ4n) is 1.54. The van der Waals surface area contributed by atoms with Crippen LogP contribution in [0.5, 0.6) is 5.75 Å². The van der Waals surface area contributed by atoms with Crippen LogP contribution in [0.15, 0.2) is 24.3 Å². The highest BCUT2D eigenvalue weighted by molar-refractivity contribution is 5.63. The summed E-state index contributed by atoms with van der Waals surface area (Å²) in [5, 5.41) is 0. The number of hydrogen-bond donors (Lipinski definition) is 1. The zero-order valence-corrected chi connectivity index (χ0v) is 7.73. The Morgan fingerprint density at radius 2 is 2.31 bits per heavy atom. The van der Waals surface area contributed by atoms with E-state index in [2.05, 4.69) is 11.0 Å². The van der Waals surface area contributed by atoms with Crippen LogP contribution in [-0.4, -0.2) is 26.2 Å². The minimum atomic E-state index is 0.510. The van der Waals surface area contributed by atoms with Gasteiger partial charge in [0.25, 0.3) is 0 Å². The monoisotopic (exact) mass is 178 g/mol. The molecule has 1 aliphatic rings. The van der Waals surface area contributed by atoms with Gasteiger partial charge in [-0.1, -0.05) is 12.1 Å². The van der Waals surface area contributed by atoms with Crippen LogP contribution in [0.1, 0.15) is 0 Å². The fraction of sp³-hybridized carbons (Fsp3) is 0.400. The summed E-state index contributed by atoms with van der Waals surface area (Å²) in [6.45, 7) is 1.77. The molecule has 1 atom stereocenters. The number of methoxy groups -OCH3 is 1. The van der Waals surface area contributed by atoms with Gasteiger partial charge in [0.05, 0.1) is 18.8 Å². The van der Waals surface area contributed by atoms with Gasteiger partial charge in [0, 0.05) is 13.1 Å². The van der Waals surface area contributed by atoms with Crippen molar-refractivity contribution >= 4 is 5.69 Å². The number of benzene rings is 1. The highest BCUT2D eigenvalue weighted by Crippen LogP contribution is 2.34. The molecule has 1 aliphatic heterocycles. The molecule has 0 aliphatic carbocycles.